The Bertz CT molecular complexity index is 1130. The molecular weight excluding hydrogens is 462 g/mol. The summed E-state index contributed by atoms with van der Waals surface area (Å²) in [4.78, 5) is 63.1. The topological polar surface area (TPSA) is 122 Å². The molecule has 0 radical (unpaired) electrons. The van der Waals surface area contributed by atoms with Gasteiger partial charge in [-0.05, 0) is 55.3 Å². The number of esters is 1. The molecule has 2 aromatic carbocycles. The molecule has 176 valence electrons. The standard InChI is InChI=1S/C24H22ClN3O6/c25-16-10-8-14(9-11-16)21(30)27-26-20(29)13-34-24(33)15-4-3-5-17(12-15)28-22(31)18-6-1-2-7-19(18)23(28)32/h3-5,8-12,18-19H,1-2,6-7,13H2,(H,26,29)(H,27,30)/t18-,19-/m0/s1. The molecule has 1 aliphatic heterocycles. The van der Waals surface area contributed by atoms with Gasteiger partial charge in [-0.25, -0.2) is 4.79 Å². The monoisotopic (exact) mass is 483 g/mol. The second kappa shape index (κ2) is 10.0. The van der Waals surface area contributed by atoms with Crippen LogP contribution in [0.1, 0.15) is 46.4 Å². The molecule has 10 heteroatoms. The van der Waals surface area contributed by atoms with E-state index in [4.69, 9.17) is 16.3 Å². The van der Waals surface area contributed by atoms with Gasteiger partial charge in [0, 0.05) is 10.6 Å². The highest BCUT2D eigenvalue weighted by molar-refractivity contribution is 6.30. The molecule has 2 aliphatic rings. The largest absolute Gasteiger partial charge is 0.452 e. The summed E-state index contributed by atoms with van der Waals surface area (Å²) in [6.07, 6.45) is 3.22. The summed E-state index contributed by atoms with van der Waals surface area (Å²) < 4.78 is 5.00. The van der Waals surface area contributed by atoms with E-state index in [0.29, 0.717) is 23.6 Å². The number of nitrogens with zero attached hydrogens (tertiary/aromatic N) is 1. The smallest absolute Gasteiger partial charge is 0.338 e. The summed E-state index contributed by atoms with van der Waals surface area (Å²) in [5, 5.41) is 0.466. The molecule has 0 bridgehead atoms. The first kappa shape index (κ1) is 23.4. The van der Waals surface area contributed by atoms with Gasteiger partial charge in [-0.15, -0.1) is 0 Å². The van der Waals surface area contributed by atoms with Crippen LogP contribution >= 0.6 is 11.6 Å². The maximum absolute atomic E-state index is 12.8. The third-order valence-electron chi connectivity index (χ3n) is 5.94. The van der Waals surface area contributed by atoms with Crippen molar-refractivity contribution >= 4 is 46.9 Å². The van der Waals surface area contributed by atoms with Crippen LogP contribution in [0.25, 0.3) is 0 Å². The van der Waals surface area contributed by atoms with Crippen molar-refractivity contribution in [2.75, 3.05) is 11.5 Å². The van der Waals surface area contributed by atoms with Crippen molar-refractivity contribution in [2.24, 2.45) is 11.8 Å². The van der Waals surface area contributed by atoms with E-state index in [-0.39, 0.29) is 34.8 Å². The first-order valence-corrected chi connectivity index (χ1v) is 11.2. The number of imide groups is 1. The number of hydrazine groups is 1. The average Bonchev–Trinajstić information content (AvgIpc) is 3.11. The highest BCUT2D eigenvalue weighted by Gasteiger charge is 2.48. The summed E-state index contributed by atoms with van der Waals surface area (Å²) in [5.41, 5.74) is 5.03. The number of rotatable bonds is 5. The van der Waals surface area contributed by atoms with Gasteiger partial charge in [0.1, 0.15) is 0 Å². The second-order valence-corrected chi connectivity index (χ2v) is 8.58. The Labute approximate surface area is 200 Å². The maximum Gasteiger partial charge on any atom is 0.338 e. The fourth-order valence-electron chi connectivity index (χ4n) is 4.24. The van der Waals surface area contributed by atoms with E-state index in [1.807, 2.05) is 0 Å². The molecule has 9 nitrogen and oxygen atoms in total. The number of halogens is 1. The highest BCUT2D eigenvalue weighted by atomic mass is 35.5. The molecule has 2 atom stereocenters. The number of carbonyl (C=O) groups is 5. The fraction of sp³-hybridized carbons (Fsp3) is 0.292. The predicted octanol–water partition coefficient (Wildman–Crippen LogP) is 2.64. The Morgan fingerprint density at radius 1 is 0.912 bits per heavy atom. The lowest BCUT2D eigenvalue weighted by atomic mass is 9.81. The van der Waals surface area contributed by atoms with Crippen LogP contribution in [0.2, 0.25) is 5.02 Å². The van der Waals surface area contributed by atoms with E-state index in [0.717, 1.165) is 17.7 Å². The third-order valence-corrected chi connectivity index (χ3v) is 6.19. The van der Waals surface area contributed by atoms with Crippen molar-refractivity contribution in [2.45, 2.75) is 25.7 Å². The Morgan fingerprint density at radius 3 is 2.21 bits per heavy atom. The number of fused-ring (bicyclic) bond motifs is 1. The van der Waals surface area contributed by atoms with Crippen LogP contribution < -0.4 is 15.8 Å². The molecule has 1 aliphatic carbocycles. The van der Waals surface area contributed by atoms with E-state index >= 15 is 0 Å². The zero-order valence-corrected chi connectivity index (χ0v) is 18.8. The molecule has 0 unspecified atom stereocenters. The molecule has 2 aromatic rings. The van der Waals surface area contributed by atoms with Crippen LogP contribution in [0.4, 0.5) is 5.69 Å². The van der Waals surface area contributed by atoms with Crippen LogP contribution in [0.5, 0.6) is 0 Å². The molecule has 1 heterocycles. The highest BCUT2D eigenvalue weighted by Crippen LogP contribution is 2.40. The predicted molar refractivity (Wildman–Crippen MR) is 122 cm³/mol. The lowest BCUT2D eigenvalue weighted by Gasteiger charge is -2.19. The molecule has 2 N–H and O–H groups in total. The Morgan fingerprint density at radius 2 is 1.56 bits per heavy atom. The number of benzene rings is 2. The molecule has 34 heavy (non-hydrogen) atoms. The zero-order chi connectivity index (χ0) is 24.2. The minimum atomic E-state index is -0.808. The second-order valence-electron chi connectivity index (χ2n) is 8.14. The van der Waals surface area contributed by atoms with Gasteiger partial charge in [-0.1, -0.05) is 30.5 Å². The number of hydrogen-bond acceptors (Lipinski definition) is 6. The number of ether oxygens (including phenoxy) is 1. The van der Waals surface area contributed by atoms with Crippen LogP contribution in [0, 0.1) is 11.8 Å². The number of anilines is 1. The molecular formula is C24H22ClN3O6. The Balaban J connectivity index is 1.32. The third kappa shape index (κ3) is 4.94. The zero-order valence-electron chi connectivity index (χ0n) is 18.1. The Kier molecular flexibility index (Phi) is 6.93. The molecule has 0 aromatic heterocycles. The van der Waals surface area contributed by atoms with Gasteiger partial charge in [0.15, 0.2) is 6.61 Å². The number of amides is 4. The van der Waals surface area contributed by atoms with E-state index in [1.54, 1.807) is 12.1 Å². The molecule has 4 rings (SSSR count). The van der Waals surface area contributed by atoms with Gasteiger partial charge < -0.3 is 4.74 Å². The van der Waals surface area contributed by atoms with Crippen molar-refractivity contribution in [3.8, 4) is 0 Å². The van der Waals surface area contributed by atoms with Gasteiger partial charge in [0.2, 0.25) is 11.8 Å². The van der Waals surface area contributed by atoms with Gasteiger partial charge >= 0.3 is 5.97 Å². The fourth-order valence-corrected chi connectivity index (χ4v) is 4.37. The maximum atomic E-state index is 12.8. The van der Waals surface area contributed by atoms with E-state index < -0.39 is 24.4 Å². The average molecular weight is 484 g/mol. The van der Waals surface area contributed by atoms with Gasteiger partial charge in [-0.2, -0.15) is 0 Å². The SMILES string of the molecule is O=C(COC(=O)c1cccc(N2C(=O)[C@H]3CCCC[C@@H]3C2=O)c1)NNC(=O)c1ccc(Cl)cc1. The summed E-state index contributed by atoms with van der Waals surface area (Å²) in [5.74, 6) is -3.21. The molecule has 4 amide bonds. The van der Waals surface area contributed by atoms with Crippen LogP contribution in [-0.2, 0) is 19.1 Å². The van der Waals surface area contributed by atoms with Crippen molar-refractivity contribution in [1.82, 2.24) is 10.9 Å². The van der Waals surface area contributed by atoms with E-state index in [9.17, 15) is 24.0 Å². The van der Waals surface area contributed by atoms with Crippen LogP contribution in [0.15, 0.2) is 48.5 Å². The minimum Gasteiger partial charge on any atom is -0.452 e. The lowest BCUT2D eigenvalue weighted by molar-refractivity contribution is -0.125. The van der Waals surface area contributed by atoms with Crippen LogP contribution in [0.3, 0.4) is 0 Å². The first-order chi connectivity index (χ1) is 16.3. The van der Waals surface area contributed by atoms with E-state index in [1.165, 1.54) is 36.4 Å². The van der Waals surface area contributed by atoms with Crippen LogP contribution in [-0.4, -0.2) is 36.2 Å². The van der Waals surface area contributed by atoms with Gasteiger partial charge in [0.05, 0.1) is 23.1 Å². The number of nitrogens with one attached hydrogen (secondary N) is 2. The minimum absolute atomic E-state index is 0.0889. The van der Waals surface area contributed by atoms with Crippen molar-refractivity contribution in [1.29, 1.82) is 0 Å². The normalized spacial score (nSPS) is 19.4. The quantitative estimate of drug-likeness (QED) is 0.383. The molecule has 1 saturated heterocycles. The van der Waals surface area contributed by atoms with Crippen molar-refractivity contribution in [3.63, 3.8) is 0 Å². The molecule has 0 spiro atoms. The molecule has 1 saturated carbocycles. The first-order valence-electron chi connectivity index (χ1n) is 10.8. The number of carbonyl (C=O) groups excluding carboxylic acids is 5. The summed E-state index contributed by atoms with van der Waals surface area (Å²) in [7, 11) is 0. The summed E-state index contributed by atoms with van der Waals surface area (Å²) in [6, 6.07) is 12.0. The summed E-state index contributed by atoms with van der Waals surface area (Å²) in [6.45, 7) is -0.643. The molecule has 2 fully saturated rings. The summed E-state index contributed by atoms with van der Waals surface area (Å²) >= 11 is 5.77. The lowest BCUT2D eigenvalue weighted by Crippen LogP contribution is -2.43. The number of hydrogen-bond donors (Lipinski definition) is 2. The van der Waals surface area contributed by atoms with Crippen molar-refractivity contribution < 1.29 is 28.7 Å². The Hall–Kier alpha value is -3.72. The van der Waals surface area contributed by atoms with Gasteiger partial charge in [-0.3, -0.25) is 34.9 Å². The van der Waals surface area contributed by atoms with Crippen molar-refractivity contribution in [3.05, 3.63) is 64.7 Å². The van der Waals surface area contributed by atoms with E-state index in [2.05, 4.69) is 10.9 Å². The van der Waals surface area contributed by atoms with Gasteiger partial charge in [0.25, 0.3) is 11.8 Å².